The molecule has 1 heterocycles. The van der Waals surface area contributed by atoms with E-state index in [4.69, 9.17) is 18.6 Å². The zero-order valence-electron chi connectivity index (χ0n) is 19.9. The van der Waals surface area contributed by atoms with E-state index in [0.29, 0.717) is 44.5 Å². The van der Waals surface area contributed by atoms with Crippen molar-refractivity contribution in [2.24, 2.45) is 5.10 Å². The molecule has 3 aromatic carbocycles. The van der Waals surface area contributed by atoms with Gasteiger partial charge < -0.3 is 18.6 Å². The summed E-state index contributed by atoms with van der Waals surface area (Å²) in [6.07, 6.45) is 1.46. The fourth-order valence-electron chi connectivity index (χ4n) is 3.15. The van der Waals surface area contributed by atoms with Crippen LogP contribution in [0.2, 0.25) is 0 Å². The molecule has 0 aliphatic rings. The van der Waals surface area contributed by atoms with Gasteiger partial charge in [-0.1, -0.05) is 23.9 Å². The van der Waals surface area contributed by atoms with E-state index in [0.717, 1.165) is 5.52 Å². The summed E-state index contributed by atoms with van der Waals surface area (Å²) < 4.78 is 22.5. The van der Waals surface area contributed by atoms with Crippen molar-refractivity contribution in [3.05, 3.63) is 76.3 Å². The monoisotopic (exact) mass is 583 g/mol. The fourth-order valence-corrected chi connectivity index (χ4v) is 4.33. The van der Waals surface area contributed by atoms with Crippen LogP contribution in [0.1, 0.15) is 22.8 Å². The Morgan fingerprint density at radius 2 is 1.95 bits per heavy atom. The van der Waals surface area contributed by atoms with Crippen molar-refractivity contribution in [1.29, 1.82) is 0 Å². The molecule has 0 unspecified atom stereocenters. The van der Waals surface area contributed by atoms with Gasteiger partial charge in [0.1, 0.15) is 11.3 Å². The molecule has 190 valence electrons. The second kappa shape index (κ2) is 12.4. The number of fused-ring (bicyclic) bond motifs is 1. The van der Waals surface area contributed by atoms with Crippen molar-refractivity contribution in [2.45, 2.75) is 12.1 Å². The van der Waals surface area contributed by atoms with Gasteiger partial charge in [-0.05, 0) is 76.9 Å². The Morgan fingerprint density at radius 3 is 2.68 bits per heavy atom. The maximum atomic E-state index is 12.6. The van der Waals surface area contributed by atoms with Gasteiger partial charge in [-0.25, -0.2) is 15.2 Å². The van der Waals surface area contributed by atoms with Crippen LogP contribution in [-0.2, 0) is 4.79 Å². The number of aromatic nitrogens is 1. The molecular formula is C26H22BrN3O6S. The molecule has 0 spiro atoms. The zero-order chi connectivity index (χ0) is 26.2. The van der Waals surface area contributed by atoms with Crippen molar-refractivity contribution in [3.8, 4) is 17.2 Å². The van der Waals surface area contributed by atoms with Gasteiger partial charge in [-0.15, -0.1) is 0 Å². The third-order valence-electron chi connectivity index (χ3n) is 4.86. The molecule has 0 radical (unpaired) electrons. The van der Waals surface area contributed by atoms with Crippen molar-refractivity contribution in [1.82, 2.24) is 10.4 Å². The molecule has 0 saturated carbocycles. The first-order valence-electron chi connectivity index (χ1n) is 11.1. The summed E-state index contributed by atoms with van der Waals surface area (Å²) in [7, 11) is 1.55. The molecule has 4 rings (SSSR count). The average Bonchev–Trinajstić information content (AvgIpc) is 3.33. The van der Waals surface area contributed by atoms with Crippen LogP contribution in [0.25, 0.3) is 11.1 Å². The summed E-state index contributed by atoms with van der Waals surface area (Å²) in [5.41, 5.74) is 4.85. The summed E-state index contributed by atoms with van der Waals surface area (Å²) in [5.74, 6) is 0.426. The molecule has 9 nitrogen and oxygen atoms in total. The first-order valence-corrected chi connectivity index (χ1v) is 12.9. The Balaban J connectivity index is 1.38. The largest absolute Gasteiger partial charge is 0.497 e. The van der Waals surface area contributed by atoms with E-state index in [1.54, 1.807) is 43.5 Å². The van der Waals surface area contributed by atoms with Gasteiger partial charge in [0.25, 0.3) is 11.1 Å². The number of para-hydroxylation sites is 2. The minimum Gasteiger partial charge on any atom is -0.497 e. The number of amides is 1. The van der Waals surface area contributed by atoms with E-state index in [1.165, 1.54) is 18.0 Å². The summed E-state index contributed by atoms with van der Waals surface area (Å²) in [6.45, 7) is 2.17. The lowest BCUT2D eigenvalue weighted by Crippen LogP contribution is -2.19. The highest BCUT2D eigenvalue weighted by atomic mass is 79.9. The quantitative estimate of drug-likeness (QED) is 0.0860. The van der Waals surface area contributed by atoms with Crippen LogP contribution in [0.4, 0.5) is 0 Å². The second-order valence-electron chi connectivity index (χ2n) is 7.41. The number of ether oxygens (including phenoxy) is 3. The minimum atomic E-state index is -0.547. The molecule has 0 saturated heterocycles. The molecule has 0 aliphatic heterocycles. The molecule has 0 bridgehead atoms. The molecule has 4 aromatic rings. The molecule has 37 heavy (non-hydrogen) atoms. The number of nitrogens with zero attached hydrogens (tertiary/aromatic N) is 2. The summed E-state index contributed by atoms with van der Waals surface area (Å²) in [4.78, 5) is 29.2. The van der Waals surface area contributed by atoms with E-state index in [1.807, 2.05) is 31.2 Å². The average molecular weight is 584 g/mol. The first kappa shape index (κ1) is 26.2. The number of esters is 1. The number of halogens is 1. The van der Waals surface area contributed by atoms with Crippen LogP contribution in [0.15, 0.2) is 79.9 Å². The van der Waals surface area contributed by atoms with Crippen molar-refractivity contribution >= 4 is 56.9 Å². The number of rotatable bonds is 10. The lowest BCUT2D eigenvalue weighted by atomic mass is 10.2. The highest BCUT2D eigenvalue weighted by Crippen LogP contribution is 2.37. The van der Waals surface area contributed by atoms with Crippen LogP contribution in [0.5, 0.6) is 17.2 Å². The van der Waals surface area contributed by atoms with E-state index in [9.17, 15) is 9.59 Å². The fraction of sp³-hybridized carbons (Fsp3) is 0.154. The highest BCUT2D eigenvalue weighted by molar-refractivity contribution is 9.10. The van der Waals surface area contributed by atoms with Gasteiger partial charge in [0.15, 0.2) is 17.1 Å². The van der Waals surface area contributed by atoms with Gasteiger partial charge in [-0.3, -0.25) is 4.79 Å². The van der Waals surface area contributed by atoms with Crippen LogP contribution in [-0.4, -0.2) is 42.5 Å². The number of hydrazone groups is 1. The Bertz CT molecular complexity index is 1410. The van der Waals surface area contributed by atoms with Gasteiger partial charge >= 0.3 is 5.97 Å². The maximum absolute atomic E-state index is 12.6. The van der Waals surface area contributed by atoms with E-state index in [2.05, 4.69) is 31.4 Å². The number of carbonyl (C=O) groups is 2. The molecule has 1 amide bonds. The number of methoxy groups -OCH3 is 1. The standard InChI is InChI=1S/C26H22BrN3O6S/c1-3-34-22-13-16(12-19(27)24(22)36-25(32)17-8-10-18(33-2)11-9-17)14-28-30-23(31)15-37-26-29-20-6-4-5-7-21(20)35-26/h4-14H,3,15H2,1-2H3,(H,30,31)/b28-14-. The number of hydrogen-bond acceptors (Lipinski definition) is 9. The molecule has 0 atom stereocenters. The minimum absolute atomic E-state index is 0.0816. The van der Waals surface area contributed by atoms with Crippen LogP contribution in [0, 0.1) is 0 Å². The zero-order valence-corrected chi connectivity index (χ0v) is 22.3. The third kappa shape index (κ3) is 6.89. The van der Waals surface area contributed by atoms with Crippen molar-refractivity contribution in [3.63, 3.8) is 0 Å². The van der Waals surface area contributed by atoms with Crippen molar-refractivity contribution < 1.29 is 28.2 Å². The number of carbonyl (C=O) groups excluding carboxylic acids is 2. The second-order valence-corrected chi connectivity index (χ2v) is 9.19. The summed E-state index contributed by atoms with van der Waals surface area (Å²) >= 11 is 4.60. The van der Waals surface area contributed by atoms with Gasteiger partial charge in [0.2, 0.25) is 0 Å². The molecule has 1 aromatic heterocycles. The Labute approximate surface area is 225 Å². The molecule has 1 N–H and O–H groups in total. The highest BCUT2D eigenvalue weighted by Gasteiger charge is 2.17. The van der Waals surface area contributed by atoms with Crippen LogP contribution in [0.3, 0.4) is 0 Å². The number of thioether (sulfide) groups is 1. The number of hydrogen-bond donors (Lipinski definition) is 1. The number of benzene rings is 3. The number of oxazole rings is 1. The van der Waals surface area contributed by atoms with Gasteiger partial charge in [0.05, 0.1) is 35.7 Å². The Kier molecular flexibility index (Phi) is 8.81. The molecule has 0 fully saturated rings. The lowest BCUT2D eigenvalue weighted by molar-refractivity contribution is -0.118. The smallest absolute Gasteiger partial charge is 0.343 e. The molecule has 11 heteroatoms. The molecule has 0 aliphatic carbocycles. The molecular weight excluding hydrogens is 562 g/mol. The SMILES string of the molecule is CCOc1cc(/C=N\NC(=O)CSc2nc3ccccc3o2)cc(Br)c1OC(=O)c1ccc(OC)cc1. The lowest BCUT2D eigenvalue weighted by Gasteiger charge is -2.13. The Morgan fingerprint density at radius 1 is 1.16 bits per heavy atom. The van der Waals surface area contributed by atoms with Crippen molar-refractivity contribution in [2.75, 3.05) is 19.5 Å². The van der Waals surface area contributed by atoms with E-state index >= 15 is 0 Å². The third-order valence-corrected chi connectivity index (χ3v) is 6.27. The summed E-state index contributed by atoms with van der Waals surface area (Å²) in [6, 6.07) is 17.3. The number of nitrogens with one attached hydrogen (secondary N) is 1. The summed E-state index contributed by atoms with van der Waals surface area (Å²) in [5, 5.41) is 4.42. The van der Waals surface area contributed by atoms with E-state index < -0.39 is 5.97 Å². The first-order chi connectivity index (χ1) is 18.0. The van der Waals surface area contributed by atoms with E-state index in [-0.39, 0.29) is 17.4 Å². The Hall–Kier alpha value is -3.83. The van der Waals surface area contributed by atoms with Gasteiger partial charge in [0, 0.05) is 0 Å². The topological polar surface area (TPSA) is 112 Å². The van der Waals surface area contributed by atoms with Gasteiger partial charge in [-0.2, -0.15) is 5.10 Å². The predicted molar refractivity (Wildman–Crippen MR) is 144 cm³/mol. The maximum Gasteiger partial charge on any atom is 0.343 e. The predicted octanol–water partition coefficient (Wildman–Crippen LogP) is 5.46. The van der Waals surface area contributed by atoms with Crippen LogP contribution < -0.4 is 19.6 Å². The van der Waals surface area contributed by atoms with Crippen LogP contribution >= 0.6 is 27.7 Å². The normalized spacial score (nSPS) is 11.0.